The van der Waals surface area contributed by atoms with Crippen LogP contribution >= 0.6 is 11.8 Å². The smallest absolute Gasteiger partial charge is 0.233 e. The van der Waals surface area contributed by atoms with E-state index in [4.69, 9.17) is 5.73 Å². The van der Waals surface area contributed by atoms with Crippen LogP contribution in [0.4, 0.5) is 5.95 Å². The zero-order valence-electron chi connectivity index (χ0n) is 12.4. The van der Waals surface area contributed by atoms with E-state index < -0.39 is 0 Å². The van der Waals surface area contributed by atoms with Gasteiger partial charge in [0.25, 0.3) is 0 Å². The maximum Gasteiger partial charge on any atom is 0.233 e. The predicted octanol–water partition coefficient (Wildman–Crippen LogP) is 1.71. The quantitative estimate of drug-likeness (QED) is 0.851. The second-order valence-electron chi connectivity index (χ2n) is 4.78. The van der Waals surface area contributed by atoms with Crippen LogP contribution in [-0.4, -0.2) is 38.4 Å². The van der Waals surface area contributed by atoms with E-state index in [1.807, 2.05) is 44.3 Å². The lowest BCUT2D eigenvalue weighted by Gasteiger charge is -2.25. The predicted molar refractivity (Wildman–Crippen MR) is 83.8 cm³/mol. The molecular weight excluding hydrogens is 286 g/mol. The highest BCUT2D eigenvalue weighted by Crippen LogP contribution is 2.21. The van der Waals surface area contributed by atoms with Gasteiger partial charge in [0.05, 0.1) is 11.8 Å². The van der Waals surface area contributed by atoms with Gasteiger partial charge in [-0.2, -0.15) is 0 Å². The van der Waals surface area contributed by atoms with Crippen molar-refractivity contribution >= 4 is 23.6 Å². The molecular formula is C14H19N5OS. The van der Waals surface area contributed by atoms with E-state index in [9.17, 15) is 4.79 Å². The standard InChI is InChI=1S/C14H19N5OS/c1-10(11-7-5-4-6-8-11)18(2)12(20)9-21-14-17-16-13(15)19(14)3/h4-8,10H,9H2,1-3H3,(H2,15,16). The Bertz CT molecular complexity index is 613. The summed E-state index contributed by atoms with van der Waals surface area (Å²) < 4.78 is 1.67. The lowest BCUT2D eigenvalue weighted by Crippen LogP contribution is -2.31. The van der Waals surface area contributed by atoms with E-state index in [0.29, 0.717) is 16.9 Å². The number of amides is 1. The van der Waals surface area contributed by atoms with E-state index >= 15 is 0 Å². The molecule has 0 fully saturated rings. The number of nitrogens with zero attached hydrogens (tertiary/aromatic N) is 4. The molecule has 1 amide bonds. The van der Waals surface area contributed by atoms with Crippen LogP contribution in [0.2, 0.25) is 0 Å². The molecule has 0 saturated heterocycles. The van der Waals surface area contributed by atoms with Crippen molar-refractivity contribution in [3.63, 3.8) is 0 Å². The fraction of sp³-hybridized carbons (Fsp3) is 0.357. The number of carbonyl (C=O) groups excluding carboxylic acids is 1. The molecule has 6 nitrogen and oxygen atoms in total. The first kappa shape index (κ1) is 15.4. The summed E-state index contributed by atoms with van der Waals surface area (Å²) in [6, 6.07) is 9.98. The van der Waals surface area contributed by atoms with Crippen LogP contribution in [0.25, 0.3) is 0 Å². The highest BCUT2D eigenvalue weighted by molar-refractivity contribution is 7.99. The molecule has 1 heterocycles. The molecule has 1 unspecified atom stereocenters. The van der Waals surface area contributed by atoms with Gasteiger partial charge in [0.15, 0.2) is 5.16 Å². The lowest BCUT2D eigenvalue weighted by molar-refractivity contribution is -0.128. The molecule has 0 spiro atoms. The lowest BCUT2D eigenvalue weighted by atomic mass is 10.1. The normalized spacial score (nSPS) is 12.1. The van der Waals surface area contributed by atoms with Gasteiger partial charge in [-0.1, -0.05) is 42.1 Å². The van der Waals surface area contributed by atoms with Gasteiger partial charge in [0, 0.05) is 14.1 Å². The monoisotopic (exact) mass is 305 g/mol. The minimum absolute atomic E-state index is 0.0314. The van der Waals surface area contributed by atoms with Crippen molar-refractivity contribution in [2.45, 2.75) is 18.1 Å². The van der Waals surface area contributed by atoms with E-state index in [0.717, 1.165) is 5.56 Å². The van der Waals surface area contributed by atoms with Crippen molar-refractivity contribution in [1.29, 1.82) is 0 Å². The molecule has 0 saturated carbocycles. The van der Waals surface area contributed by atoms with Crippen molar-refractivity contribution < 1.29 is 4.79 Å². The summed E-state index contributed by atoms with van der Waals surface area (Å²) in [5.74, 6) is 0.688. The average Bonchev–Trinajstić information content (AvgIpc) is 2.83. The fourth-order valence-electron chi connectivity index (χ4n) is 1.85. The van der Waals surface area contributed by atoms with Crippen LogP contribution in [0.15, 0.2) is 35.5 Å². The number of rotatable bonds is 5. The Labute approximate surface area is 128 Å². The third-order valence-corrected chi connectivity index (χ3v) is 4.45. The van der Waals surface area contributed by atoms with E-state index in [-0.39, 0.29) is 11.9 Å². The SMILES string of the molecule is CC(c1ccccc1)N(C)C(=O)CSc1nnc(N)n1C. The molecule has 0 aliphatic carbocycles. The zero-order chi connectivity index (χ0) is 15.4. The maximum absolute atomic E-state index is 12.3. The van der Waals surface area contributed by atoms with Crippen LogP contribution in [0, 0.1) is 0 Å². The van der Waals surface area contributed by atoms with Gasteiger partial charge < -0.3 is 10.6 Å². The largest absolute Gasteiger partial charge is 0.368 e. The number of aromatic nitrogens is 3. The molecule has 0 radical (unpaired) electrons. The van der Waals surface area contributed by atoms with Gasteiger partial charge in [-0.15, -0.1) is 10.2 Å². The van der Waals surface area contributed by atoms with Crippen LogP contribution in [0.5, 0.6) is 0 Å². The molecule has 1 atom stereocenters. The Morgan fingerprint density at radius 1 is 1.38 bits per heavy atom. The van der Waals surface area contributed by atoms with Crippen LogP contribution in [0.3, 0.4) is 0 Å². The number of carbonyl (C=O) groups is 1. The Kier molecular flexibility index (Phi) is 4.85. The second-order valence-corrected chi connectivity index (χ2v) is 5.72. The number of thioether (sulfide) groups is 1. The summed E-state index contributed by atoms with van der Waals surface area (Å²) in [6.45, 7) is 2.01. The van der Waals surface area contributed by atoms with Gasteiger partial charge in [-0.25, -0.2) is 0 Å². The first-order valence-electron chi connectivity index (χ1n) is 6.59. The Morgan fingerprint density at radius 3 is 2.62 bits per heavy atom. The van der Waals surface area contributed by atoms with Gasteiger partial charge in [0.2, 0.25) is 11.9 Å². The van der Waals surface area contributed by atoms with Crippen molar-refractivity contribution in [2.24, 2.45) is 7.05 Å². The summed E-state index contributed by atoms with van der Waals surface area (Å²) in [7, 11) is 3.59. The van der Waals surface area contributed by atoms with E-state index in [1.165, 1.54) is 11.8 Å². The number of benzene rings is 1. The molecule has 2 N–H and O–H groups in total. The topological polar surface area (TPSA) is 77.0 Å². The van der Waals surface area contributed by atoms with Crippen LogP contribution < -0.4 is 5.73 Å². The van der Waals surface area contributed by atoms with Gasteiger partial charge >= 0.3 is 0 Å². The van der Waals surface area contributed by atoms with Gasteiger partial charge in [-0.05, 0) is 12.5 Å². The molecule has 0 aliphatic heterocycles. The summed E-state index contributed by atoms with van der Waals surface area (Å²) >= 11 is 1.34. The summed E-state index contributed by atoms with van der Waals surface area (Å²) in [4.78, 5) is 14.0. The zero-order valence-corrected chi connectivity index (χ0v) is 13.2. The van der Waals surface area contributed by atoms with Crippen LogP contribution in [0.1, 0.15) is 18.5 Å². The molecule has 7 heteroatoms. The van der Waals surface area contributed by atoms with Gasteiger partial charge in [-0.3, -0.25) is 9.36 Å². The summed E-state index contributed by atoms with van der Waals surface area (Å²) in [6.07, 6.45) is 0. The molecule has 2 aromatic rings. The first-order chi connectivity index (χ1) is 10.0. The van der Waals surface area contributed by atoms with E-state index in [2.05, 4.69) is 10.2 Å². The average molecular weight is 305 g/mol. The molecule has 21 heavy (non-hydrogen) atoms. The Balaban J connectivity index is 1.95. The number of nitrogens with two attached hydrogens (primary N) is 1. The van der Waals surface area contributed by atoms with Crippen molar-refractivity contribution in [1.82, 2.24) is 19.7 Å². The van der Waals surface area contributed by atoms with Gasteiger partial charge in [0.1, 0.15) is 0 Å². The van der Waals surface area contributed by atoms with Crippen molar-refractivity contribution in [2.75, 3.05) is 18.5 Å². The van der Waals surface area contributed by atoms with E-state index in [1.54, 1.807) is 16.5 Å². The third-order valence-electron chi connectivity index (χ3n) is 3.45. The molecule has 2 rings (SSSR count). The summed E-state index contributed by atoms with van der Waals surface area (Å²) in [5, 5.41) is 8.34. The van der Waals surface area contributed by atoms with Crippen molar-refractivity contribution in [3.05, 3.63) is 35.9 Å². The van der Waals surface area contributed by atoms with Crippen molar-refractivity contribution in [3.8, 4) is 0 Å². The minimum atomic E-state index is 0.0314. The molecule has 0 aliphatic rings. The molecule has 1 aromatic carbocycles. The summed E-state index contributed by atoms with van der Waals surface area (Å²) in [5.41, 5.74) is 6.72. The Morgan fingerprint density at radius 2 is 2.05 bits per heavy atom. The third kappa shape index (κ3) is 3.55. The first-order valence-corrected chi connectivity index (χ1v) is 7.57. The highest BCUT2D eigenvalue weighted by atomic mass is 32.2. The highest BCUT2D eigenvalue weighted by Gasteiger charge is 2.18. The molecule has 1 aromatic heterocycles. The maximum atomic E-state index is 12.3. The molecule has 112 valence electrons. The fourth-order valence-corrected chi connectivity index (χ4v) is 2.69. The number of hydrogen-bond acceptors (Lipinski definition) is 5. The number of anilines is 1. The Hall–Kier alpha value is -2.02. The molecule has 0 bridgehead atoms. The van der Waals surface area contributed by atoms with Crippen LogP contribution in [-0.2, 0) is 11.8 Å². The number of nitrogen functional groups attached to an aromatic ring is 1. The second kappa shape index (κ2) is 6.62. The number of hydrogen-bond donors (Lipinski definition) is 1. The minimum Gasteiger partial charge on any atom is -0.368 e.